The summed E-state index contributed by atoms with van der Waals surface area (Å²) < 4.78 is 0. The molecule has 0 aromatic carbocycles. The number of hydrogen-bond acceptors (Lipinski definition) is 5. The average molecular weight is 1000 g/mol. The van der Waals surface area contributed by atoms with Gasteiger partial charge in [-0.05, 0) is 44.9 Å². The highest BCUT2D eigenvalue weighted by Crippen LogP contribution is 2.19. The van der Waals surface area contributed by atoms with Crippen LogP contribution in [-0.2, 0) is 4.79 Å². The maximum atomic E-state index is 12.6. The van der Waals surface area contributed by atoms with Crippen molar-refractivity contribution in [2.45, 2.75) is 379 Å². The van der Waals surface area contributed by atoms with E-state index in [1.54, 1.807) is 0 Å². The molecule has 0 saturated heterocycles. The Morgan fingerprint density at radius 3 is 0.887 bits per heavy atom. The molecule has 0 spiro atoms. The molecule has 0 bridgehead atoms. The zero-order chi connectivity index (χ0) is 51.6. The van der Waals surface area contributed by atoms with Crippen LogP contribution < -0.4 is 5.32 Å². The molecule has 0 aliphatic carbocycles. The fraction of sp³-hybridized carbons (Fsp3) is 0.923. The van der Waals surface area contributed by atoms with Gasteiger partial charge < -0.3 is 25.7 Å². The molecule has 0 aromatic rings. The average Bonchev–Trinajstić information content (AvgIpc) is 3.38. The summed E-state index contributed by atoms with van der Waals surface area (Å²) >= 11 is 0. The number of aliphatic hydroxyl groups excluding tert-OH is 4. The largest absolute Gasteiger partial charge is 0.394 e. The minimum atomic E-state index is -1.26. The van der Waals surface area contributed by atoms with Crippen molar-refractivity contribution in [1.29, 1.82) is 0 Å². The standard InChI is InChI=1S/C65H127NO5/c1-3-5-7-9-11-13-15-17-19-21-23-24-25-26-27-28-29-30-31-32-33-34-35-36-37-38-39-41-43-45-47-49-51-53-55-57-59-63(69)65(71)66-61(60-67)64(70)62(68)58-56-54-52-50-48-46-44-42-40-22-20-18-16-14-12-10-8-6-4-2/h27-28,30-31,61-64,67-70H,3-26,29,32-60H2,1-2H3,(H,66,71)/b28-27-,31-30-. The maximum absolute atomic E-state index is 12.6. The van der Waals surface area contributed by atoms with Gasteiger partial charge in [0.15, 0.2) is 0 Å². The SMILES string of the molecule is CCCCCCCCCCCCCCC/C=C\C/C=C\CCCCCCCCCCCCCCCCCCC(O)C(=O)NC(CO)C(O)C(O)CCCCCCCCCCCCCCCCCCCCC. The van der Waals surface area contributed by atoms with Gasteiger partial charge in [0.25, 0.3) is 0 Å². The summed E-state index contributed by atoms with van der Waals surface area (Å²) in [7, 11) is 0. The Kier molecular flexibility index (Phi) is 58.6. The number of carbonyl (C=O) groups excluding carboxylic acids is 1. The molecule has 4 unspecified atom stereocenters. The van der Waals surface area contributed by atoms with Crippen molar-refractivity contribution in [2.75, 3.05) is 6.61 Å². The molecule has 0 radical (unpaired) electrons. The second kappa shape index (κ2) is 59.7. The van der Waals surface area contributed by atoms with E-state index >= 15 is 0 Å². The summed E-state index contributed by atoms with van der Waals surface area (Å²) in [6.45, 7) is 4.10. The molecule has 0 aliphatic rings. The van der Waals surface area contributed by atoms with Gasteiger partial charge in [-0.25, -0.2) is 0 Å². The van der Waals surface area contributed by atoms with E-state index in [0.29, 0.717) is 12.8 Å². The van der Waals surface area contributed by atoms with E-state index in [9.17, 15) is 25.2 Å². The van der Waals surface area contributed by atoms with Crippen LogP contribution in [0.2, 0.25) is 0 Å². The lowest BCUT2D eigenvalue weighted by atomic mass is 9.99. The lowest BCUT2D eigenvalue weighted by Crippen LogP contribution is -2.53. The third-order valence-electron chi connectivity index (χ3n) is 15.4. The van der Waals surface area contributed by atoms with E-state index in [-0.39, 0.29) is 0 Å². The topological polar surface area (TPSA) is 110 Å². The van der Waals surface area contributed by atoms with Crippen LogP contribution >= 0.6 is 0 Å². The molecule has 6 heteroatoms. The molecule has 0 aliphatic heterocycles. The maximum Gasteiger partial charge on any atom is 0.249 e. The van der Waals surface area contributed by atoms with Crippen LogP contribution in [0.25, 0.3) is 0 Å². The molecule has 0 rings (SSSR count). The van der Waals surface area contributed by atoms with Crippen LogP contribution in [0.5, 0.6) is 0 Å². The Labute approximate surface area is 444 Å². The lowest BCUT2D eigenvalue weighted by Gasteiger charge is -2.27. The lowest BCUT2D eigenvalue weighted by molar-refractivity contribution is -0.132. The smallest absolute Gasteiger partial charge is 0.249 e. The first-order chi connectivity index (χ1) is 35.0. The Morgan fingerprint density at radius 2 is 0.606 bits per heavy atom. The minimum Gasteiger partial charge on any atom is -0.394 e. The van der Waals surface area contributed by atoms with Crippen molar-refractivity contribution in [3.05, 3.63) is 24.3 Å². The van der Waals surface area contributed by atoms with Crippen LogP contribution in [-0.4, -0.2) is 57.3 Å². The Hall–Kier alpha value is -1.21. The number of unbranched alkanes of at least 4 members (excludes halogenated alkanes) is 47. The molecule has 0 heterocycles. The number of rotatable bonds is 60. The van der Waals surface area contributed by atoms with Crippen molar-refractivity contribution in [3.63, 3.8) is 0 Å². The van der Waals surface area contributed by atoms with Gasteiger partial charge in [0.1, 0.15) is 12.2 Å². The van der Waals surface area contributed by atoms with E-state index in [0.717, 1.165) is 44.9 Å². The summed E-state index contributed by atoms with van der Waals surface area (Å²) in [4.78, 5) is 12.6. The summed E-state index contributed by atoms with van der Waals surface area (Å²) in [5.74, 6) is -0.578. The Morgan fingerprint density at radius 1 is 0.352 bits per heavy atom. The Balaban J connectivity index is 3.54. The fourth-order valence-electron chi connectivity index (χ4n) is 10.4. The van der Waals surface area contributed by atoms with Crippen molar-refractivity contribution >= 4 is 5.91 Å². The van der Waals surface area contributed by atoms with Crippen LogP contribution in [0.3, 0.4) is 0 Å². The highest BCUT2D eigenvalue weighted by Gasteiger charge is 2.28. The number of aliphatic hydroxyl groups is 4. The van der Waals surface area contributed by atoms with Gasteiger partial charge in [0.05, 0.1) is 18.8 Å². The quantitative estimate of drug-likeness (QED) is 0.0308. The molecule has 4 atom stereocenters. The second-order valence-corrected chi connectivity index (χ2v) is 22.5. The van der Waals surface area contributed by atoms with E-state index in [1.807, 2.05) is 0 Å². The van der Waals surface area contributed by atoms with Crippen molar-refractivity contribution in [3.8, 4) is 0 Å². The van der Waals surface area contributed by atoms with Crippen LogP contribution in [0.1, 0.15) is 354 Å². The molecule has 0 saturated carbocycles. The number of allylic oxidation sites excluding steroid dienone is 4. The third-order valence-corrected chi connectivity index (χ3v) is 15.4. The first-order valence-corrected chi connectivity index (χ1v) is 32.2. The second-order valence-electron chi connectivity index (χ2n) is 22.5. The van der Waals surface area contributed by atoms with E-state index in [2.05, 4.69) is 43.5 Å². The molecule has 71 heavy (non-hydrogen) atoms. The third kappa shape index (κ3) is 53.4. The number of hydrogen-bond donors (Lipinski definition) is 5. The first kappa shape index (κ1) is 69.8. The normalized spacial score (nSPS) is 13.7. The summed E-state index contributed by atoms with van der Waals surface area (Å²) in [6, 6.07) is -0.984. The van der Waals surface area contributed by atoms with Crippen molar-refractivity contribution in [2.24, 2.45) is 0 Å². The van der Waals surface area contributed by atoms with E-state index in [4.69, 9.17) is 0 Å². The predicted molar refractivity (Wildman–Crippen MR) is 311 cm³/mol. The zero-order valence-electron chi connectivity index (χ0n) is 48.0. The molecular weight excluding hydrogens is 875 g/mol. The highest BCUT2D eigenvalue weighted by atomic mass is 16.3. The molecule has 0 fully saturated rings. The number of nitrogens with one attached hydrogen (secondary N) is 1. The summed E-state index contributed by atoms with van der Waals surface area (Å²) in [5, 5.41) is 44.1. The minimum absolute atomic E-state index is 0.372. The zero-order valence-corrected chi connectivity index (χ0v) is 48.0. The van der Waals surface area contributed by atoms with Gasteiger partial charge in [-0.1, -0.05) is 334 Å². The van der Waals surface area contributed by atoms with Gasteiger partial charge in [0.2, 0.25) is 5.91 Å². The van der Waals surface area contributed by atoms with Crippen molar-refractivity contribution < 1.29 is 25.2 Å². The monoisotopic (exact) mass is 1000 g/mol. The van der Waals surface area contributed by atoms with E-state index < -0.39 is 36.9 Å². The Bertz CT molecular complexity index is 1080. The number of amides is 1. The van der Waals surface area contributed by atoms with Crippen LogP contribution in [0, 0.1) is 0 Å². The summed E-state index contributed by atoms with van der Waals surface area (Å²) in [5.41, 5.74) is 0. The first-order valence-electron chi connectivity index (χ1n) is 32.2. The predicted octanol–water partition coefficient (Wildman–Crippen LogP) is 19.4. The number of carbonyl (C=O) groups is 1. The van der Waals surface area contributed by atoms with Gasteiger partial charge in [-0.3, -0.25) is 4.79 Å². The molecule has 0 aromatic heterocycles. The molecular formula is C65H127NO5. The van der Waals surface area contributed by atoms with Crippen LogP contribution in [0.15, 0.2) is 24.3 Å². The van der Waals surface area contributed by atoms with Gasteiger partial charge in [-0.15, -0.1) is 0 Å². The molecule has 6 nitrogen and oxygen atoms in total. The van der Waals surface area contributed by atoms with Gasteiger partial charge in [-0.2, -0.15) is 0 Å². The van der Waals surface area contributed by atoms with Gasteiger partial charge in [0, 0.05) is 0 Å². The fourth-order valence-corrected chi connectivity index (χ4v) is 10.4. The van der Waals surface area contributed by atoms with E-state index in [1.165, 1.54) is 283 Å². The highest BCUT2D eigenvalue weighted by molar-refractivity contribution is 5.80. The van der Waals surface area contributed by atoms with Gasteiger partial charge >= 0.3 is 0 Å². The van der Waals surface area contributed by atoms with Crippen LogP contribution in [0.4, 0.5) is 0 Å². The molecule has 1 amide bonds. The van der Waals surface area contributed by atoms with Crippen molar-refractivity contribution in [1.82, 2.24) is 5.32 Å². The molecule has 5 N–H and O–H groups in total. The molecule has 422 valence electrons. The summed E-state index contributed by atoms with van der Waals surface area (Å²) in [6.07, 6.45) is 74.2.